The number of amides is 1. The van der Waals surface area contributed by atoms with Crippen LogP contribution in [0.2, 0.25) is 0 Å². The zero-order chi connectivity index (χ0) is 12.7. The summed E-state index contributed by atoms with van der Waals surface area (Å²) in [5, 5.41) is 8.53. The molecule has 4 heteroatoms. The molecule has 0 radical (unpaired) electrons. The maximum absolute atomic E-state index is 12.1. The van der Waals surface area contributed by atoms with Gasteiger partial charge in [-0.15, -0.1) is 0 Å². The molecule has 0 aliphatic carbocycles. The van der Waals surface area contributed by atoms with E-state index in [1.807, 2.05) is 43.3 Å². The van der Waals surface area contributed by atoms with E-state index in [1.54, 1.807) is 4.90 Å². The van der Waals surface area contributed by atoms with E-state index >= 15 is 0 Å². The number of hydrogen-bond acceptors (Lipinski definition) is 3. The van der Waals surface area contributed by atoms with Gasteiger partial charge in [0.1, 0.15) is 6.04 Å². The number of rotatable bonds is 5. The number of nitrogens with zero attached hydrogens (tertiary/aromatic N) is 2. The smallest absolute Gasteiger partial charge is 0.244 e. The van der Waals surface area contributed by atoms with Crippen LogP contribution in [-0.4, -0.2) is 23.9 Å². The van der Waals surface area contributed by atoms with E-state index in [2.05, 4.69) is 0 Å². The van der Waals surface area contributed by atoms with Crippen LogP contribution in [0, 0.1) is 11.3 Å². The molecule has 0 heterocycles. The Hall–Kier alpha value is -1.86. The van der Waals surface area contributed by atoms with E-state index in [4.69, 9.17) is 11.0 Å². The number of likely N-dealkylation sites (N-methyl/N-ethyl adjacent to an activating group) is 1. The monoisotopic (exact) mass is 231 g/mol. The minimum absolute atomic E-state index is 0.131. The molecule has 0 spiro atoms. The Balaban J connectivity index is 2.71. The van der Waals surface area contributed by atoms with Crippen LogP contribution >= 0.6 is 0 Å². The van der Waals surface area contributed by atoms with Gasteiger partial charge in [0.25, 0.3) is 0 Å². The SMILES string of the molecule is CCN(CCC#N)C(=O)[C@@H](N)c1ccccc1. The summed E-state index contributed by atoms with van der Waals surface area (Å²) in [6.45, 7) is 2.89. The van der Waals surface area contributed by atoms with Gasteiger partial charge in [-0.3, -0.25) is 4.79 Å². The number of benzene rings is 1. The minimum Gasteiger partial charge on any atom is -0.340 e. The molecule has 1 amide bonds. The second kappa shape index (κ2) is 6.66. The van der Waals surface area contributed by atoms with Crippen molar-refractivity contribution in [3.05, 3.63) is 35.9 Å². The van der Waals surface area contributed by atoms with E-state index in [-0.39, 0.29) is 5.91 Å². The molecule has 0 aromatic heterocycles. The minimum atomic E-state index is -0.644. The highest BCUT2D eigenvalue weighted by Crippen LogP contribution is 2.12. The van der Waals surface area contributed by atoms with E-state index in [0.717, 1.165) is 5.56 Å². The molecule has 17 heavy (non-hydrogen) atoms. The van der Waals surface area contributed by atoms with Crippen molar-refractivity contribution in [3.8, 4) is 6.07 Å². The van der Waals surface area contributed by atoms with Crippen molar-refractivity contribution in [2.24, 2.45) is 5.73 Å². The normalized spacial score (nSPS) is 11.6. The summed E-state index contributed by atoms with van der Waals surface area (Å²) in [5.41, 5.74) is 6.71. The number of nitrogens with two attached hydrogens (primary N) is 1. The van der Waals surface area contributed by atoms with Crippen molar-refractivity contribution < 1.29 is 4.79 Å². The van der Waals surface area contributed by atoms with Crippen molar-refractivity contribution >= 4 is 5.91 Å². The Bertz CT molecular complexity index is 397. The molecule has 4 nitrogen and oxygen atoms in total. The van der Waals surface area contributed by atoms with Crippen LogP contribution in [0.4, 0.5) is 0 Å². The lowest BCUT2D eigenvalue weighted by Gasteiger charge is -2.23. The highest BCUT2D eigenvalue weighted by molar-refractivity contribution is 5.83. The summed E-state index contributed by atoms with van der Waals surface area (Å²) in [6.07, 6.45) is 0.334. The zero-order valence-corrected chi connectivity index (χ0v) is 9.97. The van der Waals surface area contributed by atoms with Crippen molar-refractivity contribution in [1.29, 1.82) is 5.26 Å². The molecule has 0 aliphatic heterocycles. The standard InChI is InChI=1S/C13H17N3O/c1-2-16(10-6-9-14)13(17)12(15)11-7-4-3-5-8-11/h3-5,7-8,12H,2,6,10,15H2,1H3/t12-/m0/s1. The maximum atomic E-state index is 12.1. The van der Waals surface area contributed by atoms with Crippen molar-refractivity contribution in [1.82, 2.24) is 4.90 Å². The van der Waals surface area contributed by atoms with Gasteiger partial charge in [-0.2, -0.15) is 5.26 Å². The molecular weight excluding hydrogens is 214 g/mol. The lowest BCUT2D eigenvalue weighted by atomic mass is 10.1. The molecule has 1 rings (SSSR count). The fourth-order valence-electron chi connectivity index (χ4n) is 1.61. The van der Waals surface area contributed by atoms with Crippen LogP contribution in [0.3, 0.4) is 0 Å². The fraction of sp³-hybridized carbons (Fsp3) is 0.385. The van der Waals surface area contributed by atoms with E-state index in [1.165, 1.54) is 0 Å². The summed E-state index contributed by atoms with van der Waals surface area (Å²) >= 11 is 0. The van der Waals surface area contributed by atoms with Gasteiger partial charge in [-0.05, 0) is 12.5 Å². The second-order valence-corrected chi connectivity index (χ2v) is 3.71. The Kier molecular flexibility index (Phi) is 5.18. The predicted octanol–water partition coefficient (Wildman–Crippen LogP) is 1.45. The summed E-state index contributed by atoms with van der Waals surface area (Å²) in [4.78, 5) is 13.7. The average molecular weight is 231 g/mol. The number of nitriles is 1. The van der Waals surface area contributed by atoms with Gasteiger partial charge in [0.15, 0.2) is 0 Å². The van der Waals surface area contributed by atoms with Gasteiger partial charge in [-0.1, -0.05) is 30.3 Å². The van der Waals surface area contributed by atoms with Crippen LogP contribution in [-0.2, 0) is 4.79 Å². The highest BCUT2D eigenvalue weighted by Gasteiger charge is 2.20. The van der Waals surface area contributed by atoms with Crippen LogP contribution in [0.15, 0.2) is 30.3 Å². The Labute approximate surface area is 102 Å². The summed E-state index contributed by atoms with van der Waals surface area (Å²) in [7, 11) is 0. The lowest BCUT2D eigenvalue weighted by Crippen LogP contribution is -2.38. The van der Waals surface area contributed by atoms with Gasteiger partial charge in [0.05, 0.1) is 12.5 Å². The van der Waals surface area contributed by atoms with E-state index in [0.29, 0.717) is 19.5 Å². The first-order chi connectivity index (χ1) is 8.20. The van der Waals surface area contributed by atoms with Crippen LogP contribution in [0.5, 0.6) is 0 Å². The van der Waals surface area contributed by atoms with Gasteiger partial charge < -0.3 is 10.6 Å². The number of hydrogen-bond donors (Lipinski definition) is 1. The third-order valence-corrected chi connectivity index (χ3v) is 2.61. The predicted molar refractivity (Wildman–Crippen MR) is 65.9 cm³/mol. The van der Waals surface area contributed by atoms with Gasteiger partial charge in [0, 0.05) is 13.1 Å². The fourth-order valence-corrected chi connectivity index (χ4v) is 1.61. The van der Waals surface area contributed by atoms with Crippen LogP contribution in [0.1, 0.15) is 24.9 Å². The molecular formula is C13H17N3O. The molecule has 0 bridgehead atoms. The molecule has 0 fully saturated rings. The van der Waals surface area contributed by atoms with Crippen molar-refractivity contribution in [2.75, 3.05) is 13.1 Å². The van der Waals surface area contributed by atoms with E-state index < -0.39 is 6.04 Å². The van der Waals surface area contributed by atoms with Crippen LogP contribution in [0.25, 0.3) is 0 Å². The quantitative estimate of drug-likeness (QED) is 0.833. The zero-order valence-electron chi connectivity index (χ0n) is 9.97. The topological polar surface area (TPSA) is 70.1 Å². The van der Waals surface area contributed by atoms with Crippen molar-refractivity contribution in [2.45, 2.75) is 19.4 Å². The molecule has 2 N–H and O–H groups in total. The first-order valence-corrected chi connectivity index (χ1v) is 5.67. The molecule has 1 aromatic rings. The largest absolute Gasteiger partial charge is 0.340 e. The Morgan fingerprint density at radius 3 is 2.65 bits per heavy atom. The molecule has 0 saturated carbocycles. The lowest BCUT2D eigenvalue weighted by molar-refractivity contribution is -0.132. The first-order valence-electron chi connectivity index (χ1n) is 5.67. The molecule has 1 atom stereocenters. The van der Waals surface area contributed by atoms with Gasteiger partial charge in [0.2, 0.25) is 5.91 Å². The molecule has 1 aromatic carbocycles. The van der Waals surface area contributed by atoms with Crippen LogP contribution < -0.4 is 5.73 Å². The average Bonchev–Trinajstić information content (AvgIpc) is 2.39. The van der Waals surface area contributed by atoms with E-state index in [9.17, 15) is 4.79 Å². The maximum Gasteiger partial charge on any atom is 0.244 e. The third kappa shape index (κ3) is 3.58. The molecule has 0 saturated heterocycles. The summed E-state index contributed by atoms with van der Waals surface area (Å²) < 4.78 is 0. The summed E-state index contributed by atoms with van der Waals surface area (Å²) in [6, 6.07) is 10.6. The van der Waals surface area contributed by atoms with Crippen molar-refractivity contribution in [3.63, 3.8) is 0 Å². The second-order valence-electron chi connectivity index (χ2n) is 3.71. The first kappa shape index (κ1) is 13.2. The molecule has 0 unspecified atom stereocenters. The molecule has 90 valence electrons. The third-order valence-electron chi connectivity index (χ3n) is 2.61. The Morgan fingerprint density at radius 2 is 2.12 bits per heavy atom. The summed E-state index contributed by atoms with van der Waals surface area (Å²) in [5.74, 6) is -0.131. The molecule has 0 aliphatic rings. The Morgan fingerprint density at radius 1 is 1.47 bits per heavy atom. The van der Waals surface area contributed by atoms with Gasteiger partial charge >= 0.3 is 0 Å². The number of carbonyl (C=O) groups is 1. The number of carbonyl (C=O) groups excluding carboxylic acids is 1. The highest BCUT2D eigenvalue weighted by atomic mass is 16.2. The van der Waals surface area contributed by atoms with Gasteiger partial charge in [-0.25, -0.2) is 0 Å².